The highest BCUT2D eigenvalue weighted by atomic mass is 16.6. The van der Waals surface area contributed by atoms with Crippen molar-refractivity contribution in [1.82, 2.24) is 15.5 Å². The van der Waals surface area contributed by atoms with E-state index in [1.54, 1.807) is 12.0 Å². The zero-order chi connectivity index (χ0) is 20.4. The van der Waals surface area contributed by atoms with Crippen LogP contribution < -0.4 is 15.4 Å². The van der Waals surface area contributed by atoms with Crippen LogP contribution in [0.3, 0.4) is 0 Å². The van der Waals surface area contributed by atoms with Crippen LogP contribution in [0.4, 0.5) is 4.79 Å². The number of piperidine rings is 1. The maximum absolute atomic E-state index is 11.8. The van der Waals surface area contributed by atoms with E-state index in [1.807, 2.05) is 38.1 Å². The molecule has 1 aromatic rings. The summed E-state index contributed by atoms with van der Waals surface area (Å²) in [6, 6.07) is 7.54. The number of aliphatic imine (C=N–C) groups is 1. The van der Waals surface area contributed by atoms with Gasteiger partial charge in [0.25, 0.3) is 0 Å². The fourth-order valence-corrected chi connectivity index (χ4v) is 3.04. The van der Waals surface area contributed by atoms with Crippen molar-refractivity contribution >= 4 is 12.1 Å². The van der Waals surface area contributed by atoms with E-state index in [9.17, 15) is 9.90 Å². The van der Waals surface area contributed by atoms with Crippen molar-refractivity contribution in [3.8, 4) is 5.75 Å². The first-order valence-electron chi connectivity index (χ1n) is 9.85. The Bertz CT molecular complexity index is 628. The Hall–Kier alpha value is -2.48. The van der Waals surface area contributed by atoms with Gasteiger partial charge in [0.15, 0.2) is 5.96 Å². The minimum Gasteiger partial charge on any atom is -0.497 e. The van der Waals surface area contributed by atoms with Gasteiger partial charge in [0.1, 0.15) is 5.75 Å². The van der Waals surface area contributed by atoms with Crippen LogP contribution in [0, 0.1) is 0 Å². The SMILES string of the molecule is CCNC(=NCC(O)c1ccc(OC)cc1)NC1CCN(C(=O)OCC)CC1. The van der Waals surface area contributed by atoms with E-state index < -0.39 is 6.10 Å². The largest absolute Gasteiger partial charge is 0.497 e. The van der Waals surface area contributed by atoms with Gasteiger partial charge in [-0.05, 0) is 44.4 Å². The molecular formula is C20H32N4O4. The number of hydrogen-bond acceptors (Lipinski definition) is 5. The number of aliphatic hydroxyl groups is 1. The Morgan fingerprint density at radius 2 is 1.96 bits per heavy atom. The monoisotopic (exact) mass is 392 g/mol. The van der Waals surface area contributed by atoms with Crippen molar-refractivity contribution < 1.29 is 19.4 Å². The van der Waals surface area contributed by atoms with Gasteiger partial charge in [0.2, 0.25) is 0 Å². The number of methoxy groups -OCH3 is 1. The summed E-state index contributed by atoms with van der Waals surface area (Å²) in [7, 11) is 1.61. The highest BCUT2D eigenvalue weighted by molar-refractivity contribution is 5.80. The van der Waals surface area contributed by atoms with Crippen LogP contribution in [0.25, 0.3) is 0 Å². The molecule has 1 aliphatic rings. The molecule has 0 radical (unpaired) electrons. The van der Waals surface area contributed by atoms with Gasteiger partial charge in [-0.1, -0.05) is 12.1 Å². The fourth-order valence-electron chi connectivity index (χ4n) is 3.04. The van der Waals surface area contributed by atoms with E-state index in [4.69, 9.17) is 9.47 Å². The highest BCUT2D eigenvalue weighted by Crippen LogP contribution is 2.18. The van der Waals surface area contributed by atoms with Crippen LogP contribution >= 0.6 is 0 Å². The van der Waals surface area contributed by atoms with Crippen molar-refractivity contribution in [2.24, 2.45) is 4.99 Å². The lowest BCUT2D eigenvalue weighted by Gasteiger charge is -2.32. The number of benzene rings is 1. The van der Waals surface area contributed by atoms with E-state index in [2.05, 4.69) is 15.6 Å². The third-order valence-electron chi connectivity index (χ3n) is 4.63. The summed E-state index contributed by atoms with van der Waals surface area (Å²) >= 11 is 0. The van der Waals surface area contributed by atoms with E-state index in [-0.39, 0.29) is 18.7 Å². The smallest absolute Gasteiger partial charge is 0.409 e. The molecule has 1 aromatic carbocycles. The maximum atomic E-state index is 11.8. The topological polar surface area (TPSA) is 95.4 Å². The van der Waals surface area contributed by atoms with E-state index in [0.717, 1.165) is 30.7 Å². The van der Waals surface area contributed by atoms with Crippen molar-refractivity contribution in [2.75, 3.05) is 39.9 Å². The normalized spacial score (nSPS) is 16.4. The van der Waals surface area contributed by atoms with Crippen LogP contribution in [0.5, 0.6) is 5.75 Å². The van der Waals surface area contributed by atoms with Crippen LogP contribution in [0.1, 0.15) is 38.4 Å². The van der Waals surface area contributed by atoms with Gasteiger partial charge in [0.05, 0.1) is 26.4 Å². The predicted molar refractivity (Wildman–Crippen MR) is 109 cm³/mol. The third-order valence-corrected chi connectivity index (χ3v) is 4.63. The average Bonchev–Trinajstić information content (AvgIpc) is 2.72. The molecule has 156 valence electrons. The number of rotatable bonds is 7. The lowest BCUT2D eigenvalue weighted by Crippen LogP contribution is -2.50. The molecule has 8 nitrogen and oxygen atoms in total. The molecule has 1 amide bonds. The van der Waals surface area contributed by atoms with Gasteiger partial charge >= 0.3 is 6.09 Å². The molecule has 1 unspecified atom stereocenters. The third kappa shape index (κ3) is 6.60. The second-order valence-corrected chi connectivity index (χ2v) is 6.61. The number of nitrogens with one attached hydrogen (secondary N) is 2. The molecule has 8 heteroatoms. The van der Waals surface area contributed by atoms with Gasteiger partial charge in [-0.15, -0.1) is 0 Å². The molecule has 0 aliphatic carbocycles. The summed E-state index contributed by atoms with van der Waals surface area (Å²) in [5, 5.41) is 17.0. The zero-order valence-electron chi connectivity index (χ0n) is 17.0. The quantitative estimate of drug-likeness (QED) is 0.485. The minimum atomic E-state index is -0.688. The molecule has 2 rings (SSSR count). The van der Waals surface area contributed by atoms with Gasteiger partial charge < -0.3 is 30.1 Å². The molecule has 1 saturated heterocycles. The number of carbonyl (C=O) groups excluding carboxylic acids is 1. The van der Waals surface area contributed by atoms with Crippen LogP contribution in [-0.4, -0.2) is 68.0 Å². The number of likely N-dealkylation sites (tertiary alicyclic amines) is 1. The van der Waals surface area contributed by atoms with E-state index in [0.29, 0.717) is 25.7 Å². The van der Waals surface area contributed by atoms with Gasteiger partial charge in [0, 0.05) is 25.7 Å². The lowest BCUT2D eigenvalue weighted by molar-refractivity contribution is 0.0963. The van der Waals surface area contributed by atoms with Crippen LogP contribution in [-0.2, 0) is 4.74 Å². The Morgan fingerprint density at radius 3 is 2.54 bits per heavy atom. The molecular weight excluding hydrogens is 360 g/mol. The molecule has 3 N–H and O–H groups in total. The number of aliphatic hydroxyl groups excluding tert-OH is 1. The number of amides is 1. The summed E-state index contributed by atoms with van der Waals surface area (Å²) < 4.78 is 10.2. The van der Waals surface area contributed by atoms with Crippen LogP contribution in [0.2, 0.25) is 0 Å². The standard InChI is InChI=1S/C20H32N4O4/c1-4-21-19(22-14-18(25)15-6-8-17(27-3)9-7-15)23-16-10-12-24(13-11-16)20(26)28-5-2/h6-9,16,18,25H,4-5,10-14H2,1-3H3,(H2,21,22,23). The number of hydrogen-bond donors (Lipinski definition) is 3. The molecule has 1 fully saturated rings. The second-order valence-electron chi connectivity index (χ2n) is 6.61. The fraction of sp³-hybridized carbons (Fsp3) is 0.600. The van der Waals surface area contributed by atoms with Gasteiger partial charge in [-0.2, -0.15) is 0 Å². The summed E-state index contributed by atoms with van der Waals surface area (Å²) in [5.41, 5.74) is 0.795. The Morgan fingerprint density at radius 1 is 1.29 bits per heavy atom. The molecule has 1 aliphatic heterocycles. The molecule has 1 atom stereocenters. The summed E-state index contributed by atoms with van der Waals surface area (Å²) in [5.74, 6) is 1.42. The second kappa shape index (κ2) is 11.4. The van der Waals surface area contributed by atoms with E-state index >= 15 is 0 Å². The van der Waals surface area contributed by atoms with Gasteiger partial charge in [-0.25, -0.2) is 4.79 Å². The Labute approximate surface area is 166 Å². The highest BCUT2D eigenvalue weighted by Gasteiger charge is 2.24. The Balaban J connectivity index is 1.87. The predicted octanol–water partition coefficient (Wildman–Crippen LogP) is 1.90. The number of guanidine groups is 1. The first kappa shape index (κ1) is 21.8. The van der Waals surface area contributed by atoms with E-state index in [1.165, 1.54) is 0 Å². The molecule has 0 spiro atoms. The first-order valence-corrected chi connectivity index (χ1v) is 9.85. The van der Waals surface area contributed by atoms with Crippen molar-refractivity contribution in [2.45, 2.75) is 38.8 Å². The first-order chi connectivity index (χ1) is 13.6. The van der Waals surface area contributed by atoms with Crippen molar-refractivity contribution in [3.05, 3.63) is 29.8 Å². The molecule has 0 saturated carbocycles. The average molecular weight is 393 g/mol. The zero-order valence-corrected chi connectivity index (χ0v) is 17.0. The minimum absolute atomic E-state index is 0.224. The Kier molecular flexibility index (Phi) is 8.87. The number of nitrogens with zero attached hydrogens (tertiary/aromatic N) is 2. The number of ether oxygens (including phenoxy) is 2. The summed E-state index contributed by atoms with van der Waals surface area (Å²) in [6.07, 6.45) is 0.713. The molecule has 0 aromatic heterocycles. The summed E-state index contributed by atoms with van der Waals surface area (Å²) in [4.78, 5) is 18.0. The molecule has 0 bridgehead atoms. The van der Waals surface area contributed by atoms with Crippen molar-refractivity contribution in [3.63, 3.8) is 0 Å². The lowest BCUT2D eigenvalue weighted by atomic mass is 10.1. The molecule has 28 heavy (non-hydrogen) atoms. The maximum Gasteiger partial charge on any atom is 0.409 e. The number of carbonyl (C=O) groups is 1. The summed E-state index contributed by atoms with van der Waals surface area (Å²) in [6.45, 7) is 6.50. The molecule has 1 heterocycles. The van der Waals surface area contributed by atoms with Crippen molar-refractivity contribution in [1.29, 1.82) is 0 Å². The van der Waals surface area contributed by atoms with Crippen LogP contribution in [0.15, 0.2) is 29.3 Å². The van der Waals surface area contributed by atoms with Gasteiger partial charge in [-0.3, -0.25) is 4.99 Å².